The summed E-state index contributed by atoms with van der Waals surface area (Å²) >= 11 is 0. The van der Waals surface area contributed by atoms with E-state index in [1.807, 2.05) is 0 Å². The lowest BCUT2D eigenvalue weighted by Crippen LogP contribution is -2.25. The molecule has 1 heterocycles. The molecule has 0 fully saturated rings. The van der Waals surface area contributed by atoms with Gasteiger partial charge in [0.2, 0.25) is 0 Å². The number of fused-ring (bicyclic) bond motifs is 1. The van der Waals surface area contributed by atoms with Gasteiger partial charge in [-0.25, -0.2) is 0 Å². The minimum atomic E-state index is 0.0480. The van der Waals surface area contributed by atoms with Gasteiger partial charge in [-0.1, -0.05) is 23.8 Å². The first-order chi connectivity index (χ1) is 6.18. The number of aryl methyl sites for hydroxylation is 1. The van der Waals surface area contributed by atoms with Crippen LogP contribution in [0, 0.1) is 6.92 Å². The lowest BCUT2D eigenvalue weighted by atomic mass is 9.94. The molecule has 0 radical (unpaired) electrons. The fourth-order valence-corrected chi connectivity index (χ4v) is 1.81. The summed E-state index contributed by atoms with van der Waals surface area (Å²) in [7, 11) is 0. The normalized spacial score (nSPS) is 27.0. The molecule has 1 aliphatic heterocycles. The highest BCUT2D eigenvalue weighted by Gasteiger charge is 2.22. The first kappa shape index (κ1) is 8.73. The first-order valence-corrected chi connectivity index (χ1v) is 4.66. The zero-order chi connectivity index (χ0) is 9.42. The van der Waals surface area contributed by atoms with Gasteiger partial charge in [0.05, 0.1) is 18.8 Å². The Balaban J connectivity index is 2.50. The van der Waals surface area contributed by atoms with E-state index in [0.717, 1.165) is 0 Å². The quantitative estimate of drug-likeness (QED) is 0.658. The van der Waals surface area contributed by atoms with Crippen molar-refractivity contribution in [1.29, 1.82) is 0 Å². The number of hydrogen-bond donors (Lipinski definition) is 1. The van der Waals surface area contributed by atoms with Crippen LogP contribution in [0.3, 0.4) is 0 Å². The molecule has 0 saturated carbocycles. The minimum Gasteiger partial charge on any atom is -0.372 e. The van der Waals surface area contributed by atoms with Crippen molar-refractivity contribution in [2.24, 2.45) is 5.73 Å². The van der Waals surface area contributed by atoms with Gasteiger partial charge in [-0.3, -0.25) is 0 Å². The van der Waals surface area contributed by atoms with E-state index in [1.54, 1.807) is 0 Å². The van der Waals surface area contributed by atoms with Crippen LogP contribution in [0.1, 0.15) is 35.8 Å². The summed E-state index contributed by atoms with van der Waals surface area (Å²) in [5, 5.41) is 0. The van der Waals surface area contributed by atoms with Gasteiger partial charge in [0, 0.05) is 0 Å². The summed E-state index contributed by atoms with van der Waals surface area (Å²) in [6, 6.07) is 6.44. The molecule has 2 rings (SSSR count). The highest BCUT2D eigenvalue weighted by atomic mass is 16.5. The lowest BCUT2D eigenvalue weighted by Gasteiger charge is -2.28. The van der Waals surface area contributed by atoms with Crippen LogP contribution < -0.4 is 5.73 Å². The summed E-state index contributed by atoms with van der Waals surface area (Å²) in [4.78, 5) is 0. The molecule has 0 spiro atoms. The largest absolute Gasteiger partial charge is 0.372 e. The molecule has 2 nitrogen and oxygen atoms in total. The predicted octanol–water partition coefficient (Wildman–Crippen LogP) is 2.09. The van der Waals surface area contributed by atoms with Crippen molar-refractivity contribution < 1.29 is 4.74 Å². The van der Waals surface area contributed by atoms with Gasteiger partial charge in [-0.05, 0) is 25.0 Å². The van der Waals surface area contributed by atoms with Crippen molar-refractivity contribution in [1.82, 2.24) is 0 Å². The van der Waals surface area contributed by atoms with Crippen molar-refractivity contribution in [3.8, 4) is 0 Å². The van der Waals surface area contributed by atoms with Crippen LogP contribution in [0.4, 0.5) is 0 Å². The second kappa shape index (κ2) is 3.13. The molecule has 0 aromatic heterocycles. The molecule has 13 heavy (non-hydrogen) atoms. The molecule has 1 aromatic rings. The van der Waals surface area contributed by atoms with Crippen LogP contribution in [0.15, 0.2) is 18.2 Å². The third-order valence-corrected chi connectivity index (χ3v) is 2.61. The van der Waals surface area contributed by atoms with E-state index in [0.29, 0.717) is 6.61 Å². The van der Waals surface area contributed by atoms with Crippen LogP contribution in [0.5, 0.6) is 0 Å². The Morgan fingerprint density at radius 3 is 2.92 bits per heavy atom. The number of rotatable bonds is 0. The van der Waals surface area contributed by atoms with E-state index < -0.39 is 0 Å². The lowest BCUT2D eigenvalue weighted by molar-refractivity contribution is 0.0407. The minimum absolute atomic E-state index is 0.0480. The van der Waals surface area contributed by atoms with Crippen molar-refractivity contribution in [2.75, 3.05) is 6.61 Å². The molecule has 0 bridgehead atoms. The van der Waals surface area contributed by atoms with Gasteiger partial charge in [0.25, 0.3) is 0 Å². The van der Waals surface area contributed by atoms with Crippen LogP contribution in [0.2, 0.25) is 0 Å². The van der Waals surface area contributed by atoms with Gasteiger partial charge in [-0.15, -0.1) is 0 Å². The van der Waals surface area contributed by atoms with Crippen LogP contribution in [-0.2, 0) is 4.74 Å². The van der Waals surface area contributed by atoms with Gasteiger partial charge in [0.15, 0.2) is 0 Å². The highest BCUT2D eigenvalue weighted by Crippen LogP contribution is 2.31. The van der Waals surface area contributed by atoms with Gasteiger partial charge < -0.3 is 10.5 Å². The SMILES string of the molecule is Cc1ccc2c(c1)[C@H](C)OC[C@H]2N. The Bertz CT molecular complexity index is 322. The maximum atomic E-state index is 5.93. The third-order valence-electron chi connectivity index (χ3n) is 2.61. The maximum Gasteiger partial charge on any atom is 0.0801 e. The molecular formula is C11H15NO. The molecule has 0 aliphatic carbocycles. The Labute approximate surface area is 78.7 Å². The van der Waals surface area contributed by atoms with Crippen LogP contribution in [-0.4, -0.2) is 6.61 Å². The van der Waals surface area contributed by atoms with E-state index in [9.17, 15) is 0 Å². The average molecular weight is 177 g/mol. The zero-order valence-electron chi connectivity index (χ0n) is 8.08. The third kappa shape index (κ3) is 1.47. The fourth-order valence-electron chi connectivity index (χ4n) is 1.81. The standard InChI is InChI=1S/C11H15NO/c1-7-3-4-9-10(5-7)8(2)13-6-11(9)12/h3-5,8,11H,6,12H2,1-2H3/t8-,11+/m0/s1. The Morgan fingerprint density at radius 2 is 2.15 bits per heavy atom. The second-order valence-electron chi connectivity index (χ2n) is 3.71. The Hall–Kier alpha value is -0.860. The fraction of sp³-hybridized carbons (Fsp3) is 0.455. The maximum absolute atomic E-state index is 5.93. The van der Waals surface area contributed by atoms with Crippen molar-refractivity contribution in [3.63, 3.8) is 0 Å². The van der Waals surface area contributed by atoms with Crippen molar-refractivity contribution in [3.05, 3.63) is 34.9 Å². The van der Waals surface area contributed by atoms with E-state index in [-0.39, 0.29) is 12.1 Å². The Kier molecular flexibility index (Phi) is 2.10. The summed E-state index contributed by atoms with van der Waals surface area (Å²) in [5.74, 6) is 0. The topological polar surface area (TPSA) is 35.2 Å². The number of benzene rings is 1. The number of nitrogens with two attached hydrogens (primary N) is 1. The molecule has 0 saturated heterocycles. The van der Waals surface area contributed by atoms with E-state index >= 15 is 0 Å². The molecule has 0 unspecified atom stereocenters. The van der Waals surface area contributed by atoms with Gasteiger partial charge >= 0.3 is 0 Å². The summed E-state index contributed by atoms with van der Waals surface area (Å²) in [6.07, 6.45) is 0.190. The van der Waals surface area contributed by atoms with Crippen molar-refractivity contribution in [2.45, 2.75) is 26.0 Å². The summed E-state index contributed by atoms with van der Waals surface area (Å²) < 4.78 is 5.55. The van der Waals surface area contributed by atoms with Crippen LogP contribution in [0.25, 0.3) is 0 Å². The summed E-state index contributed by atoms with van der Waals surface area (Å²) in [6.45, 7) is 4.80. The molecular weight excluding hydrogens is 162 g/mol. The monoisotopic (exact) mass is 177 g/mol. The number of hydrogen-bond acceptors (Lipinski definition) is 2. The number of ether oxygens (including phenoxy) is 1. The van der Waals surface area contributed by atoms with Crippen LogP contribution >= 0.6 is 0 Å². The first-order valence-electron chi connectivity index (χ1n) is 4.66. The molecule has 1 aromatic carbocycles. The summed E-state index contributed by atoms with van der Waals surface area (Å²) in [5.41, 5.74) is 9.69. The van der Waals surface area contributed by atoms with Gasteiger partial charge in [0.1, 0.15) is 0 Å². The second-order valence-corrected chi connectivity index (χ2v) is 3.71. The van der Waals surface area contributed by atoms with E-state index in [2.05, 4.69) is 32.0 Å². The van der Waals surface area contributed by atoms with E-state index in [4.69, 9.17) is 10.5 Å². The zero-order valence-corrected chi connectivity index (χ0v) is 8.08. The predicted molar refractivity (Wildman–Crippen MR) is 52.5 cm³/mol. The molecule has 1 aliphatic rings. The van der Waals surface area contributed by atoms with Crippen molar-refractivity contribution >= 4 is 0 Å². The molecule has 0 amide bonds. The molecule has 2 heteroatoms. The molecule has 2 atom stereocenters. The molecule has 2 N–H and O–H groups in total. The van der Waals surface area contributed by atoms with E-state index in [1.165, 1.54) is 16.7 Å². The highest BCUT2D eigenvalue weighted by molar-refractivity contribution is 5.36. The average Bonchev–Trinajstić information content (AvgIpc) is 2.12. The molecule has 70 valence electrons. The van der Waals surface area contributed by atoms with Gasteiger partial charge in [-0.2, -0.15) is 0 Å². The Morgan fingerprint density at radius 1 is 1.38 bits per heavy atom. The smallest absolute Gasteiger partial charge is 0.0801 e.